The van der Waals surface area contributed by atoms with Gasteiger partial charge in [0.2, 0.25) is 0 Å². The Morgan fingerprint density at radius 2 is 1.84 bits per heavy atom. The van der Waals surface area contributed by atoms with Crippen molar-refractivity contribution in [3.05, 3.63) is 64.1 Å². The number of ether oxygens (including phenoxy) is 1. The highest BCUT2D eigenvalue weighted by molar-refractivity contribution is 9.10. The first-order valence-corrected chi connectivity index (χ1v) is 9.37. The largest absolute Gasteiger partial charge is 0.483 e. The summed E-state index contributed by atoms with van der Waals surface area (Å²) in [6.07, 6.45) is 0.833. The number of rotatable bonds is 6. The van der Waals surface area contributed by atoms with E-state index in [1.54, 1.807) is 0 Å². The average molecular weight is 404 g/mol. The number of halogens is 1. The number of amides is 1. The Hall–Kier alpha value is -1.81. The number of carbonyl (C=O) groups is 1. The molecule has 0 aromatic heterocycles. The molecule has 0 fully saturated rings. The van der Waals surface area contributed by atoms with Gasteiger partial charge in [-0.2, -0.15) is 0 Å². The molecule has 3 nitrogen and oxygen atoms in total. The Morgan fingerprint density at radius 3 is 2.40 bits per heavy atom. The lowest BCUT2D eigenvalue weighted by atomic mass is 9.87. The van der Waals surface area contributed by atoms with Crippen molar-refractivity contribution in [2.24, 2.45) is 0 Å². The lowest BCUT2D eigenvalue weighted by molar-refractivity contribution is -0.123. The Bertz CT molecular complexity index is 708. The molecule has 2 aromatic carbocycles. The average Bonchev–Trinajstić information content (AvgIpc) is 2.58. The van der Waals surface area contributed by atoms with Crippen molar-refractivity contribution in [2.45, 2.75) is 45.6 Å². The van der Waals surface area contributed by atoms with Gasteiger partial charge in [0.15, 0.2) is 6.61 Å². The van der Waals surface area contributed by atoms with Gasteiger partial charge in [0.1, 0.15) is 5.75 Å². The maximum absolute atomic E-state index is 12.2. The molecule has 1 N–H and O–H groups in total. The zero-order valence-corrected chi connectivity index (χ0v) is 16.9. The topological polar surface area (TPSA) is 38.3 Å². The minimum Gasteiger partial charge on any atom is -0.483 e. The van der Waals surface area contributed by atoms with Crippen LogP contribution in [0.5, 0.6) is 5.75 Å². The summed E-state index contributed by atoms with van der Waals surface area (Å²) in [7, 11) is 0. The van der Waals surface area contributed by atoms with Crippen molar-refractivity contribution >= 4 is 21.8 Å². The molecule has 0 aliphatic heterocycles. The number of hydrogen-bond donors (Lipinski definition) is 1. The van der Waals surface area contributed by atoms with E-state index in [0.717, 1.165) is 16.5 Å². The molecule has 2 aromatic rings. The monoisotopic (exact) mass is 403 g/mol. The molecule has 4 heteroatoms. The molecule has 0 saturated heterocycles. The zero-order valence-electron chi connectivity index (χ0n) is 15.3. The van der Waals surface area contributed by atoms with Gasteiger partial charge < -0.3 is 10.1 Å². The van der Waals surface area contributed by atoms with Gasteiger partial charge in [-0.05, 0) is 51.0 Å². The summed E-state index contributed by atoms with van der Waals surface area (Å²) in [5.74, 6) is 0.554. The highest BCUT2D eigenvalue weighted by Crippen LogP contribution is 2.31. The highest BCUT2D eigenvalue weighted by Gasteiger charge is 2.16. The van der Waals surface area contributed by atoms with Gasteiger partial charge >= 0.3 is 0 Å². The van der Waals surface area contributed by atoms with Crippen LogP contribution in [0.1, 0.15) is 51.3 Å². The van der Waals surface area contributed by atoms with E-state index >= 15 is 0 Å². The molecule has 134 valence electrons. The lowest BCUT2D eigenvalue weighted by Crippen LogP contribution is -2.32. The molecule has 0 unspecified atom stereocenters. The van der Waals surface area contributed by atoms with Crippen LogP contribution < -0.4 is 10.1 Å². The summed E-state index contributed by atoms with van der Waals surface area (Å²) < 4.78 is 6.55. The van der Waals surface area contributed by atoms with E-state index in [0.29, 0.717) is 5.75 Å². The standard InChI is InChI=1S/C21H26BrNO2/c1-5-18(15-9-7-6-8-10-15)23-20(24)14-25-19-12-11-16(13-17(19)22)21(2,3)4/h6-13,18H,5,14H2,1-4H3,(H,23,24)/t18-/m0/s1. The predicted molar refractivity (Wildman–Crippen MR) is 106 cm³/mol. The van der Waals surface area contributed by atoms with Crippen molar-refractivity contribution in [3.63, 3.8) is 0 Å². The summed E-state index contributed by atoms with van der Waals surface area (Å²) in [6, 6.07) is 16.0. The second-order valence-electron chi connectivity index (χ2n) is 7.12. The van der Waals surface area contributed by atoms with Crippen molar-refractivity contribution in [1.82, 2.24) is 5.32 Å². The van der Waals surface area contributed by atoms with E-state index in [1.165, 1.54) is 5.56 Å². The van der Waals surface area contributed by atoms with Crippen molar-refractivity contribution in [1.29, 1.82) is 0 Å². The van der Waals surface area contributed by atoms with E-state index in [-0.39, 0.29) is 24.0 Å². The molecule has 2 rings (SSSR count). The van der Waals surface area contributed by atoms with E-state index < -0.39 is 0 Å². The second-order valence-corrected chi connectivity index (χ2v) is 7.98. The highest BCUT2D eigenvalue weighted by atomic mass is 79.9. The maximum Gasteiger partial charge on any atom is 0.258 e. The van der Waals surface area contributed by atoms with Gasteiger partial charge in [0.25, 0.3) is 5.91 Å². The van der Waals surface area contributed by atoms with Crippen LogP contribution in [0.2, 0.25) is 0 Å². The van der Waals surface area contributed by atoms with Crippen molar-refractivity contribution < 1.29 is 9.53 Å². The fourth-order valence-electron chi connectivity index (χ4n) is 2.57. The molecule has 1 atom stereocenters. The van der Waals surface area contributed by atoms with Crippen LogP contribution >= 0.6 is 15.9 Å². The maximum atomic E-state index is 12.2. The third-order valence-corrected chi connectivity index (χ3v) is 4.72. The van der Waals surface area contributed by atoms with E-state index in [1.807, 2.05) is 48.5 Å². The van der Waals surface area contributed by atoms with Gasteiger partial charge in [-0.3, -0.25) is 4.79 Å². The van der Waals surface area contributed by atoms with E-state index in [9.17, 15) is 4.79 Å². The van der Waals surface area contributed by atoms with Crippen LogP contribution in [0.15, 0.2) is 53.0 Å². The molecule has 0 spiro atoms. The molecule has 0 aliphatic carbocycles. The van der Waals surface area contributed by atoms with Crippen LogP contribution in [-0.2, 0) is 10.2 Å². The van der Waals surface area contributed by atoms with Crippen LogP contribution in [0, 0.1) is 0 Å². The first-order chi connectivity index (χ1) is 11.8. The Balaban J connectivity index is 1.96. The number of hydrogen-bond acceptors (Lipinski definition) is 2. The summed E-state index contributed by atoms with van der Waals surface area (Å²) in [5.41, 5.74) is 2.39. The van der Waals surface area contributed by atoms with Crippen LogP contribution in [-0.4, -0.2) is 12.5 Å². The first kappa shape index (κ1) is 19.5. The zero-order chi connectivity index (χ0) is 18.4. The number of carbonyl (C=O) groups excluding carboxylic acids is 1. The Morgan fingerprint density at radius 1 is 1.16 bits per heavy atom. The van der Waals surface area contributed by atoms with Gasteiger partial charge in [0, 0.05) is 0 Å². The molecule has 0 saturated carbocycles. The molecule has 0 aliphatic rings. The van der Waals surface area contributed by atoms with E-state index in [2.05, 4.69) is 48.9 Å². The quantitative estimate of drug-likeness (QED) is 0.701. The Labute approximate surface area is 158 Å². The van der Waals surface area contributed by atoms with Gasteiger partial charge in [-0.1, -0.05) is 64.1 Å². The summed E-state index contributed by atoms with van der Waals surface area (Å²) in [4.78, 5) is 12.2. The summed E-state index contributed by atoms with van der Waals surface area (Å²) >= 11 is 3.53. The number of benzene rings is 2. The van der Waals surface area contributed by atoms with Crippen LogP contribution in [0.25, 0.3) is 0 Å². The van der Waals surface area contributed by atoms with E-state index in [4.69, 9.17) is 4.74 Å². The molecule has 0 bridgehead atoms. The molecule has 25 heavy (non-hydrogen) atoms. The Kier molecular flexibility index (Phi) is 6.65. The molecule has 0 heterocycles. The molecule has 1 amide bonds. The van der Waals surface area contributed by atoms with Crippen molar-refractivity contribution in [3.8, 4) is 5.75 Å². The molecule has 0 radical (unpaired) electrons. The van der Waals surface area contributed by atoms with Crippen LogP contribution in [0.3, 0.4) is 0 Å². The fraction of sp³-hybridized carbons (Fsp3) is 0.381. The van der Waals surface area contributed by atoms with Gasteiger partial charge in [-0.25, -0.2) is 0 Å². The fourth-order valence-corrected chi connectivity index (χ4v) is 3.06. The smallest absolute Gasteiger partial charge is 0.258 e. The van der Waals surface area contributed by atoms with Crippen LogP contribution in [0.4, 0.5) is 0 Å². The molecular weight excluding hydrogens is 378 g/mol. The van der Waals surface area contributed by atoms with Crippen molar-refractivity contribution in [2.75, 3.05) is 6.61 Å². The number of nitrogens with one attached hydrogen (secondary N) is 1. The minimum atomic E-state index is -0.123. The normalized spacial score (nSPS) is 12.5. The third-order valence-electron chi connectivity index (χ3n) is 4.10. The van der Waals surface area contributed by atoms with Gasteiger partial charge in [-0.15, -0.1) is 0 Å². The summed E-state index contributed by atoms with van der Waals surface area (Å²) in [6.45, 7) is 8.54. The third kappa shape index (κ3) is 5.60. The lowest BCUT2D eigenvalue weighted by Gasteiger charge is -2.20. The first-order valence-electron chi connectivity index (χ1n) is 8.58. The predicted octanol–water partition coefficient (Wildman–Crippen LogP) is 5.39. The van der Waals surface area contributed by atoms with Gasteiger partial charge in [0.05, 0.1) is 10.5 Å². The SMILES string of the molecule is CC[C@H](NC(=O)COc1ccc(C(C)(C)C)cc1Br)c1ccccc1. The minimum absolute atomic E-state index is 0.00318. The molecular formula is C21H26BrNO2. The second kappa shape index (κ2) is 8.52. The summed E-state index contributed by atoms with van der Waals surface area (Å²) in [5, 5.41) is 3.03.